The second-order valence-corrected chi connectivity index (χ2v) is 10.7. The molecule has 5 heteroatoms. The Bertz CT molecular complexity index is 630. The number of alkyl halides is 1. The fourth-order valence-corrected chi connectivity index (χ4v) is 7.18. The van der Waals surface area contributed by atoms with Crippen molar-refractivity contribution in [2.75, 3.05) is 0 Å². The van der Waals surface area contributed by atoms with Gasteiger partial charge in [0, 0.05) is 16.0 Å². The molecule has 1 aliphatic rings. The molecule has 1 aromatic carbocycles. The molecule has 1 fully saturated rings. The summed E-state index contributed by atoms with van der Waals surface area (Å²) < 4.78 is 29.2. The third kappa shape index (κ3) is 5.19. The van der Waals surface area contributed by atoms with Gasteiger partial charge in [-0.2, -0.15) is 4.31 Å². The molecule has 0 aromatic heterocycles. The van der Waals surface area contributed by atoms with Gasteiger partial charge in [-0.1, -0.05) is 86.2 Å². The molecule has 1 heterocycles. The molecule has 25 heavy (non-hydrogen) atoms. The molecule has 1 saturated heterocycles. The van der Waals surface area contributed by atoms with Gasteiger partial charge in [0.25, 0.3) is 0 Å². The van der Waals surface area contributed by atoms with Gasteiger partial charge in [0.05, 0.1) is 4.90 Å². The fraction of sp³-hybridized carbons (Fsp3) is 0.700. The Morgan fingerprint density at radius 3 is 2.28 bits per heavy atom. The first-order valence-electron chi connectivity index (χ1n) is 9.66. The average molecular weight is 477 g/mol. The van der Waals surface area contributed by atoms with Crippen molar-refractivity contribution >= 4 is 32.6 Å². The SMILES string of the molecule is CCCCC[C@H]1[C@H](I)C[C@H](CCCC)N1S(=O)(=O)c1ccc(C)cc1. The van der Waals surface area contributed by atoms with Crippen LogP contribution in [0.1, 0.15) is 70.8 Å². The van der Waals surface area contributed by atoms with Crippen LogP contribution in [-0.4, -0.2) is 28.7 Å². The van der Waals surface area contributed by atoms with Crippen LogP contribution in [-0.2, 0) is 10.0 Å². The van der Waals surface area contributed by atoms with Gasteiger partial charge < -0.3 is 0 Å². The van der Waals surface area contributed by atoms with Crippen molar-refractivity contribution in [2.45, 2.75) is 93.0 Å². The third-order valence-electron chi connectivity index (χ3n) is 5.19. The highest BCUT2D eigenvalue weighted by molar-refractivity contribution is 14.1. The summed E-state index contributed by atoms with van der Waals surface area (Å²) in [6.07, 6.45) is 8.61. The average Bonchev–Trinajstić information content (AvgIpc) is 2.90. The first-order chi connectivity index (χ1) is 11.9. The summed E-state index contributed by atoms with van der Waals surface area (Å²) in [7, 11) is -3.43. The van der Waals surface area contributed by atoms with E-state index in [-0.39, 0.29) is 12.1 Å². The van der Waals surface area contributed by atoms with Gasteiger partial charge in [0.2, 0.25) is 10.0 Å². The van der Waals surface area contributed by atoms with Crippen LogP contribution in [0.25, 0.3) is 0 Å². The van der Waals surface area contributed by atoms with E-state index in [4.69, 9.17) is 0 Å². The Morgan fingerprint density at radius 2 is 1.68 bits per heavy atom. The maximum absolute atomic E-state index is 13.4. The molecule has 0 amide bonds. The Hall–Kier alpha value is -0.140. The molecule has 0 radical (unpaired) electrons. The first kappa shape index (κ1) is 21.2. The van der Waals surface area contributed by atoms with E-state index in [1.54, 1.807) is 12.1 Å². The highest BCUT2D eigenvalue weighted by Gasteiger charge is 2.45. The van der Waals surface area contributed by atoms with Crippen molar-refractivity contribution in [1.82, 2.24) is 4.31 Å². The molecule has 3 nitrogen and oxygen atoms in total. The van der Waals surface area contributed by atoms with Crippen molar-refractivity contribution in [3.8, 4) is 0 Å². The number of hydrogen-bond acceptors (Lipinski definition) is 2. The van der Waals surface area contributed by atoms with E-state index in [1.165, 1.54) is 12.8 Å². The largest absolute Gasteiger partial charge is 0.243 e. The molecule has 142 valence electrons. The molecule has 0 saturated carbocycles. The number of hydrogen-bond donors (Lipinski definition) is 0. The number of rotatable bonds is 9. The molecule has 2 rings (SSSR count). The number of halogens is 1. The van der Waals surface area contributed by atoms with Gasteiger partial charge in [-0.15, -0.1) is 0 Å². The van der Waals surface area contributed by atoms with Crippen LogP contribution in [0.5, 0.6) is 0 Å². The summed E-state index contributed by atoms with van der Waals surface area (Å²) >= 11 is 2.49. The predicted molar refractivity (Wildman–Crippen MR) is 114 cm³/mol. The maximum Gasteiger partial charge on any atom is 0.243 e. The number of unbranched alkanes of at least 4 members (excludes halogenated alkanes) is 3. The van der Waals surface area contributed by atoms with Gasteiger partial charge in [0.15, 0.2) is 0 Å². The normalized spacial score (nSPS) is 24.7. The molecule has 3 atom stereocenters. The van der Waals surface area contributed by atoms with E-state index >= 15 is 0 Å². The quantitative estimate of drug-likeness (QED) is 0.260. The summed E-state index contributed by atoms with van der Waals surface area (Å²) in [4.78, 5) is 0.450. The minimum atomic E-state index is -3.43. The Kier molecular flexibility index (Phi) is 8.21. The summed E-state index contributed by atoms with van der Waals surface area (Å²) in [5, 5.41) is 0. The van der Waals surface area contributed by atoms with E-state index < -0.39 is 10.0 Å². The van der Waals surface area contributed by atoms with E-state index in [2.05, 4.69) is 36.4 Å². The highest BCUT2D eigenvalue weighted by atomic mass is 127. The van der Waals surface area contributed by atoms with Gasteiger partial charge in [0.1, 0.15) is 0 Å². The third-order valence-corrected chi connectivity index (χ3v) is 8.52. The lowest BCUT2D eigenvalue weighted by Gasteiger charge is -2.30. The lowest BCUT2D eigenvalue weighted by molar-refractivity contribution is 0.292. The fourth-order valence-electron chi connectivity index (χ4n) is 3.75. The van der Waals surface area contributed by atoms with Crippen LogP contribution < -0.4 is 0 Å². The van der Waals surface area contributed by atoms with Crippen molar-refractivity contribution in [3.63, 3.8) is 0 Å². The van der Waals surface area contributed by atoms with E-state index in [0.717, 1.165) is 44.1 Å². The Labute approximate surface area is 167 Å². The molecular formula is C20H32INO2S. The maximum atomic E-state index is 13.4. The van der Waals surface area contributed by atoms with Crippen LogP contribution in [0.15, 0.2) is 29.2 Å². The molecule has 0 unspecified atom stereocenters. The number of sulfonamides is 1. The van der Waals surface area contributed by atoms with Crippen molar-refractivity contribution < 1.29 is 8.42 Å². The molecule has 0 spiro atoms. The van der Waals surface area contributed by atoms with E-state index in [1.807, 2.05) is 23.4 Å². The predicted octanol–water partition coefficient (Wildman–Crippen LogP) is 5.70. The monoisotopic (exact) mass is 477 g/mol. The highest BCUT2D eigenvalue weighted by Crippen LogP contribution is 2.39. The first-order valence-corrected chi connectivity index (χ1v) is 12.3. The van der Waals surface area contributed by atoms with Crippen molar-refractivity contribution in [3.05, 3.63) is 29.8 Å². The summed E-state index contributed by atoms with van der Waals surface area (Å²) in [6, 6.07) is 7.63. The zero-order valence-corrected chi connectivity index (χ0v) is 18.7. The lowest BCUT2D eigenvalue weighted by Crippen LogP contribution is -2.42. The van der Waals surface area contributed by atoms with Crippen LogP contribution in [0.4, 0.5) is 0 Å². The minimum absolute atomic E-state index is 0.139. The zero-order valence-electron chi connectivity index (χ0n) is 15.7. The van der Waals surface area contributed by atoms with Gasteiger partial charge in [-0.25, -0.2) is 8.42 Å². The van der Waals surface area contributed by atoms with E-state index in [0.29, 0.717) is 8.82 Å². The molecule has 1 aromatic rings. The van der Waals surface area contributed by atoms with Crippen LogP contribution in [0, 0.1) is 6.92 Å². The second-order valence-electron chi connectivity index (χ2n) is 7.26. The lowest BCUT2D eigenvalue weighted by atomic mass is 10.1. The summed E-state index contributed by atoms with van der Waals surface area (Å²) in [5.74, 6) is 0. The van der Waals surface area contributed by atoms with Crippen LogP contribution >= 0.6 is 22.6 Å². The standard InChI is InChI=1S/C20H32INO2S/c1-4-6-8-10-20-19(21)15-17(9-7-5-2)22(20)25(23,24)18-13-11-16(3)12-14-18/h11-14,17,19-20H,4-10,15H2,1-3H3/t17-,19+,20-/m0/s1. The molecule has 1 aliphatic heterocycles. The smallest absolute Gasteiger partial charge is 0.207 e. The summed E-state index contributed by atoms with van der Waals surface area (Å²) in [5.41, 5.74) is 1.09. The van der Waals surface area contributed by atoms with Crippen molar-refractivity contribution in [1.29, 1.82) is 0 Å². The zero-order chi connectivity index (χ0) is 18.4. The van der Waals surface area contributed by atoms with Crippen LogP contribution in [0.3, 0.4) is 0 Å². The second kappa shape index (κ2) is 9.70. The summed E-state index contributed by atoms with van der Waals surface area (Å²) in [6.45, 7) is 6.36. The Balaban J connectivity index is 2.31. The number of benzene rings is 1. The van der Waals surface area contributed by atoms with Gasteiger partial charge >= 0.3 is 0 Å². The van der Waals surface area contributed by atoms with Crippen molar-refractivity contribution in [2.24, 2.45) is 0 Å². The molecule has 0 bridgehead atoms. The minimum Gasteiger partial charge on any atom is -0.207 e. The van der Waals surface area contributed by atoms with Gasteiger partial charge in [-0.3, -0.25) is 0 Å². The number of aryl methyl sites for hydroxylation is 1. The molecular weight excluding hydrogens is 445 g/mol. The molecule has 0 N–H and O–H groups in total. The van der Waals surface area contributed by atoms with Gasteiger partial charge in [-0.05, 0) is 38.3 Å². The molecule has 0 aliphatic carbocycles. The van der Waals surface area contributed by atoms with Crippen LogP contribution in [0.2, 0.25) is 0 Å². The van der Waals surface area contributed by atoms with E-state index in [9.17, 15) is 8.42 Å². The Morgan fingerprint density at radius 1 is 1.04 bits per heavy atom. The number of nitrogens with zero attached hydrogens (tertiary/aromatic N) is 1. The topological polar surface area (TPSA) is 37.4 Å².